The molecule has 3 rings (SSSR count). The van der Waals surface area contributed by atoms with Crippen LogP contribution in [-0.4, -0.2) is 50.0 Å². The highest BCUT2D eigenvalue weighted by atomic mass is 35.5. The zero-order valence-electron chi connectivity index (χ0n) is 23.9. The summed E-state index contributed by atoms with van der Waals surface area (Å²) < 4.78 is 26.4. The van der Waals surface area contributed by atoms with Crippen molar-refractivity contribution >= 4 is 62.3 Å². The van der Waals surface area contributed by atoms with Crippen LogP contribution in [0.15, 0.2) is 72.8 Å². The number of hydrogen-bond acceptors (Lipinski definition) is 4. The number of nitrogens with zero attached hydrogens (tertiary/aromatic N) is 2. The first-order valence-corrected chi connectivity index (χ1v) is 16.7. The third-order valence-corrected chi connectivity index (χ3v) is 9.05. The Kier molecular flexibility index (Phi) is 12.5. The maximum Gasteiger partial charge on any atom is 0.243 e. The molecule has 0 heterocycles. The molecule has 2 amide bonds. The first kappa shape index (κ1) is 33.7. The second kappa shape index (κ2) is 15.6. The molecule has 11 heteroatoms. The molecule has 1 N–H and O–H groups in total. The van der Waals surface area contributed by atoms with Crippen LogP contribution in [0.1, 0.15) is 44.2 Å². The van der Waals surface area contributed by atoms with Crippen molar-refractivity contribution in [3.63, 3.8) is 0 Å². The Morgan fingerprint density at radius 3 is 2.17 bits per heavy atom. The van der Waals surface area contributed by atoms with Crippen LogP contribution < -0.4 is 9.62 Å². The molecular weight excluding hydrogens is 617 g/mol. The van der Waals surface area contributed by atoms with Crippen molar-refractivity contribution in [3.8, 4) is 0 Å². The van der Waals surface area contributed by atoms with Crippen LogP contribution in [-0.2, 0) is 32.6 Å². The summed E-state index contributed by atoms with van der Waals surface area (Å²) in [6, 6.07) is 20.1. The Morgan fingerprint density at radius 1 is 0.929 bits per heavy atom. The van der Waals surface area contributed by atoms with E-state index in [1.54, 1.807) is 42.5 Å². The number of nitrogens with one attached hydrogen (secondary N) is 1. The fourth-order valence-corrected chi connectivity index (χ4v) is 6.14. The van der Waals surface area contributed by atoms with Crippen LogP contribution in [0, 0.1) is 0 Å². The number of carbonyl (C=O) groups is 2. The van der Waals surface area contributed by atoms with Crippen molar-refractivity contribution in [2.75, 3.05) is 17.1 Å². The molecule has 0 aliphatic rings. The molecule has 2 atom stereocenters. The van der Waals surface area contributed by atoms with Gasteiger partial charge in [0.05, 0.1) is 11.9 Å². The van der Waals surface area contributed by atoms with Gasteiger partial charge < -0.3 is 10.2 Å². The number of rotatable bonds is 14. The van der Waals surface area contributed by atoms with Gasteiger partial charge in [-0.05, 0) is 55.7 Å². The molecule has 0 spiro atoms. The summed E-state index contributed by atoms with van der Waals surface area (Å²) in [6.07, 6.45) is 2.29. The number of halogens is 3. The summed E-state index contributed by atoms with van der Waals surface area (Å²) in [7, 11) is -3.65. The van der Waals surface area contributed by atoms with Crippen LogP contribution in [0.4, 0.5) is 5.69 Å². The molecule has 42 heavy (non-hydrogen) atoms. The number of hydrogen-bond donors (Lipinski definition) is 1. The highest BCUT2D eigenvalue weighted by molar-refractivity contribution is 7.92. The molecule has 0 aliphatic heterocycles. The van der Waals surface area contributed by atoms with Gasteiger partial charge in [0, 0.05) is 52.6 Å². The molecule has 0 aromatic heterocycles. The van der Waals surface area contributed by atoms with Gasteiger partial charge in [-0.3, -0.25) is 13.9 Å². The van der Waals surface area contributed by atoms with E-state index >= 15 is 0 Å². The standard InChI is InChI=1S/C31H36Cl3N3O4S/c1-4-22(2)35-31(39)29(19-23-11-6-5-7-12-23)36(21-26-27(33)15-9-16-28(26)34)30(38)17-10-18-37(42(3,40)41)25-14-8-13-24(32)20-25/h5-9,11-16,20,22,29H,4,10,17-19,21H2,1-3H3,(H,35,39)/t22-,29+/m0/s1. The van der Waals surface area contributed by atoms with Gasteiger partial charge in [0.15, 0.2) is 0 Å². The Morgan fingerprint density at radius 2 is 1.57 bits per heavy atom. The van der Waals surface area contributed by atoms with Crippen LogP contribution in [0.3, 0.4) is 0 Å². The van der Waals surface area contributed by atoms with E-state index in [0.717, 1.165) is 18.2 Å². The number of anilines is 1. The van der Waals surface area contributed by atoms with E-state index in [1.807, 2.05) is 44.2 Å². The van der Waals surface area contributed by atoms with E-state index in [-0.39, 0.29) is 50.2 Å². The highest BCUT2D eigenvalue weighted by Gasteiger charge is 2.32. The Bertz CT molecular complexity index is 1450. The molecule has 0 saturated carbocycles. The SMILES string of the molecule is CC[C@H](C)NC(=O)[C@@H](Cc1ccccc1)N(Cc1c(Cl)cccc1Cl)C(=O)CCCN(c1cccc(Cl)c1)S(C)(=O)=O. The molecule has 7 nitrogen and oxygen atoms in total. The van der Waals surface area contributed by atoms with Crippen LogP contribution in [0.2, 0.25) is 15.1 Å². The molecule has 0 aliphatic carbocycles. The second-order valence-electron chi connectivity index (χ2n) is 10.2. The van der Waals surface area contributed by atoms with Gasteiger partial charge in [-0.1, -0.05) is 84.2 Å². The van der Waals surface area contributed by atoms with Crippen LogP contribution in [0.25, 0.3) is 0 Å². The monoisotopic (exact) mass is 651 g/mol. The lowest BCUT2D eigenvalue weighted by Crippen LogP contribution is -2.52. The Labute approximate surface area is 263 Å². The van der Waals surface area contributed by atoms with Gasteiger partial charge in [-0.2, -0.15) is 0 Å². The van der Waals surface area contributed by atoms with E-state index in [4.69, 9.17) is 34.8 Å². The zero-order chi connectivity index (χ0) is 30.9. The van der Waals surface area contributed by atoms with Crippen molar-refractivity contribution in [1.82, 2.24) is 10.2 Å². The number of amides is 2. The minimum absolute atomic E-state index is 0.00680. The van der Waals surface area contributed by atoms with E-state index < -0.39 is 16.1 Å². The van der Waals surface area contributed by atoms with E-state index in [2.05, 4.69) is 5.32 Å². The van der Waals surface area contributed by atoms with Crippen molar-refractivity contribution < 1.29 is 18.0 Å². The normalized spacial score (nSPS) is 12.8. The third-order valence-electron chi connectivity index (χ3n) is 6.91. The predicted octanol–water partition coefficient (Wildman–Crippen LogP) is 6.75. The zero-order valence-corrected chi connectivity index (χ0v) is 27.0. The topological polar surface area (TPSA) is 86.8 Å². The van der Waals surface area contributed by atoms with Crippen molar-refractivity contribution in [2.24, 2.45) is 0 Å². The minimum atomic E-state index is -3.65. The maximum atomic E-state index is 14.0. The van der Waals surface area contributed by atoms with E-state index in [9.17, 15) is 18.0 Å². The molecule has 3 aromatic carbocycles. The molecule has 3 aromatic rings. The molecule has 0 saturated heterocycles. The molecular formula is C31H36Cl3N3O4S. The molecule has 226 valence electrons. The van der Waals surface area contributed by atoms with Gasteiger partial charge in [0.25, 0.3) is 0 Å². The Hall–Kier alpha value is -2.78. The van der Waals surface area contributed by atoms with Gasteiger partial charge in [0.1, 0.15) is 6.04 Å². The second-order valence-corrected chi connectivity index (χ2v) is 13.3. The molecule has 0 bridgehead atoms. The van der Waals surface area contributed by atoms with E-state index in [1.165, 1.54) is 9.21 Å². The lowest BCUT2D eigenvalue weighted by molar-refractivity contribution is -0.141. The van der Waals surface area contributed by atoms with Gasteiger partial charge in [0.2, 0.25) is 21.8 Å². The van der Waals surface area contributed by atoms with Crippen molar-refractivity contribution in [1.29, 1.82) is 0 Å². The first-order chi connectivity index (χ1) is 19.9. The van der Waals surface area contributed by atoms with Crippen molar-refractivity contribution in [2.45, 2.75) is 58.2 Å². The average Bonchev–Trinajstić information content (AvgIpc) is 2.94. The fourth-order valence-electron chi connectivity index (χ4n) is 4.48. The summed E-state index contributed by atoms with van der Waals surface area (Å²) >= 11 is 19.1. The van der Waals surface area contributed by atoms with Crippen LogP contribution in [0.5, 0.6) is 0 Å². The summed E-state index contributed by atoms with van der Waals surface area (Å²) in [4.78, 5) is 29.1. The highest BCUT2D eigenvalue weighted by Crippen LogP contribution is 2.28. The largest absolute Gasteiger partial charge is 0.352 e. The first-order valence-electron chi connectivity index (χ1n) is 13.7. The summed E-state index contributed by atoms with van der Waals surface area (Å²) in [6.45, 7) is 3.93. The number of carbonyl (C=O) groups excluding carboxylic acids is 2. The maximum absolute atomic E-state index is 14.0. The van der Waals surface area contributed by atoms with Gasteiger partial charge in [-0.15, -0.1) is 0 Å². The Balaban J connectivity index is 1.94. The summed E-state index contributed by atoms with van der Waals surface area (Å²) in [5, 5.41) is 4.18. The van der Waals surface area contributed by atoms with Gasteiger partial charge in [-0.25, -0.2) is 8.42 Å². The van der Waals surface area contributed by atoms with Crippen molar-refractivity contribution in [3.05, 3.63) is 99.0 Å². The smallest absolute Gasteiger partial charge is 0.243 e. The predicted molar refractivity (Wildman–Crippen MR) is 172 cm³/mol. The average molecular weight is 653 g/mol. The number of sulfonamides is 1. The number of benzene rings is 3. The lowest BCUT2D eigenvalue weighted by atomic mass is 10.0. The summed E-state index contributed by atoms with van der Waals surface area (Å²) in [5.41, 5.74) is 1.82. The molecule has 0 fully saturated rings. The lowest BCUT2D eigenvalue weighted by Gasteiger charge is -2.33. The van der Waals surface area contributed by atoms with Crippen LogP contribution >= 0.6 is 34.8 Å². The quantitative estimate of drug-likeness (QED) is 0.209. The third kappa shape index (κ3) is 9.63. The fraction of sp³-hybridized carbons (Fsp3) is 0.355. The molecule has 0 unspecified atom stereocenters. The summed E-state index contributed by atoms with van der Waals surface area (Å²) in [5.74, 6) is -0.618. The van der Waals surface area contributed by atoms with E-state index in [0.29, 0.717) is 26.3 Å². The van der Waals surface area contributed by atoms with Gasteiger partial charge >= 0.3 is 0 Å². The minimum Gasteiger partial charge on any atom is -0.352 e. The molecule has 0 radical (unpaired) electrons.